The first-order valence-electron chi connectivity index (χ1n) is 8.59. The summed E-state index contributed by atoms with van der Waals surface area (Å²) in [4.78, 5) is 9.07. The van der Waals surface area contributed by atoms with Crippen LogP contribution in [0, 0.1) is 0 Å². The Kier molecular flexibility index (Phi) is 4.22. The summed E-state index contributed by atoms with van der Waals surface area (Å²) in [6, 6.07) is 0.384. The zero-order valence-corrected chi connectivity index (χ0v) is 14.4. The fourth-order valence-corrected chi connectivity index (χ4v) is 2.95. The number of fused-ring (bicyclic) bond motifs is 1. The zero-order chi connectivity index (χ0) is 17.2. The summed E-state index contributed by atoms with van der Waals surface area (Å²) >= 11 is 0. The minimum Gasteiger partial charge on any atom is -0.473 e. The van der Waals surface area contributed by atoms with E-state index in [-0.39, 0.29) is 6.10 Å². The highest BCUT2D eigenvalue weighted by molar-refractivity contribution is 5.65. The van der Waals surface area contributed by atoms with Crippen molar-refractivity contribution in [2.45, 2.75) is 38.8 Å². The van der Waals surface area contributed by atoms with Gasteiger partial charge in [-0.1, -0.05) is 0 Å². The molecule has 0 saturated carbocycles. The third-order valence-electron chi connectivity index (χ3n) is 4.13. The lowest BCUT2D eigenvalue weighted by atomic mass is 10.1. The van der Waals surface area contributed by atoms with Crippen LogP contribution in [0.1, 0.15) is 26.7 Å². The molecule has 4 heterocycles. The molecule has 1 aliphatic rings. The van der Waals surface area contributed by atoms with Gasteiger partial charge in [0.15, 0.2) is 5.65 Å². The van der Waals surface area contributed by atoms with Gasteiger partial charge in [0.1, 0.15) is 5.69 Å². The third-order valence-corrected chi connectivity index (χ3v) is 4.13. The second kappa shape index (κ2) is 6.67. The molecule has 0 amide bonds. The van der Waals surface area contributed by atoms with Gasteiger partial charge in [-0.25, -0.2) is 4.98 Å². The second-order valence-corrected chi connectivity index (χ2v) is 6.44. The van der Waals surface area contributed by atoms with E-state index < -0.39 is 0 Å². The number of ether oxygens (including phenoxy) is 1. The minimum atomic E-state index is -0.0110. The van der Waals surface area contributed by atoms with Crippen molar-refractivity contribution in [1.82, 2.24) is 35.1 Å². The van der Waals surface area contributed by atoms with Crippen LogP contribution in [0.15, 0.2) is 18.6 Å². The molecule has 4 rings (SSSR count). The summed E-state index contributed by atoms with van der Waals surface area (Å²) in [7, 11) is 0. The minimum absolute atomic E-state index is 0.0110. The fourth-order valence-electron chi connectivity index (χ4n) is 2.95. The van der Waals surface area contributed by atoms with E-state index in [0.717, 1.165) is 31.5 Å². The Hall–Kier alpha value is -2.68. The standard InChI is InChI=1S/C16H22N8O/c1-10(2)25-15-14(11-7-19-20-8-11)18-9-13-22-16(23-24(13)15)21-12-3-5-17-6-4-12/h7-10,12,17H,3-6H2,1-2H3,(H,19,20)(H,21,23). The van der Waals surface area contributed by atoms with Crippen LogP contribution in [0.2, 0.25) is 0 Å². The van der Waals surface area contributed by atoms with Crippen molar-refractivity contribution >= 4 is 11.6 Å². The Morgan fingerprint density at radius 1 is 1.28 bits per heavy atom. The van der Waals surface area contributed by atoms with Gasteiger partial charge in [0, 0.05) is 17.8 Å². The van der Waals surface area contributed by atoms with Crippen molar-refractivity contribution in [2.24, 2.45) is 0 Å². The van der Waals surface area contributed by atoms with Crippen molar-refractivity contribution in [2.75, 3.05) is 18.4 Å². The average Bonchev–Trinajstić information content (AvgIpc) is 3.25. The van der Waals surface area contributed by atoms with Gasteiger partial charge in [-0.2, -0.15) is 14.6 Å². The number of aromatic nitrogens is 6. The summed E-state index contributed by atoms with van der Waals surface area (Å²) < 4.78 is 7.71. The van der Waals surface area contributed by atoms with Crippen LogP contribution < -0.4 is 15.4 Å². The van der Waals surface area contributed by atoms with E-state index in [1.165, 1.54) is 0 Å². The van der Waals surface area contributed by atoms with Crippen LogP contribution in [-0.4, -0.2) is 55.0 Å². The molecule has 9 nitrogen and oxygen atoms in total. The molecular weight excluding hydrogens is 320 g/mol. The Bertz CT molecular complexity index is 835. The van der Waals surface area contributed by atoms with E-state index in [4.69, 9.17) is 4.74 Å². The van der Waals surface area contributed by atoms with Gasteiger partial charge in [0.2, 0.25) is 11.8 Å². The molecular formula is C16H22N8O. The zero-order valence-electron chi connectivity index (χ0n) is 14.4. The molecule has 3 aromatic heterocycles. The van der Waals surface area contributed by atoms with Gasteiger partial charge < -0.3 is 15.4 Å². The predicted octanol–water partition coefficient (Wildman–Crippen LogP) is 1.47. The van der Waals surface area contributed by atoms with Crippen LogP contribution in [0.4, 0.5) is 5.95 Å². The quantitative estimate of drug-likeness (QED) is 0.645. The molecule has 1 aliphatic heterocycles. The number of hydrogen-bond donors (Lipinski definition) is 3. The van der Waals surface area contributed by atoms with Gasteiger partial charge in [0.25, 0.3) is 0 Å². The van der Waals surface area contributed by atoms with E-state index >= 15 is 0 Å². The van der Waals surface area contributed by atoms with Gasteiger partial charge in [-0.15, -0.1) is 5.10 Å². The molecule has 0 unspecified atom stereocenters. The number of aromatic amines is 1. The van der Waals surface area contributed by atoms with E-state index in [9.17, 15) is 0 Å². The maximum atomic E-state index is 6.00. The Morgan fingerprint density at radius 2 is 2.12 bits per heavy atom. The molecule has 25 heavy (non-hydrogen) atoms. The highest BCUT2D eigenvalue weighted by atomic mass is 16.5. The molecule has 0 aliphatic carbocycles. The average molecular weight is 342 g/mol. The largest absolute Gasteiger partial charge is 0.473 e. The van der Waals surface area contributed by atoms with Crippen LogP contribution in [0.5, 0.6) is 5.88 Å². The number of H-pyrrole nitrogens is 1. The molecule has 1 fully saturated rings. The topological polar surface area (TPSA) is 105 Å². The van der Waals surface area contributed by atoms with Crippen molar-refractivity contribution < 1.29 is 4.74 Å². The number of anilines is 1. The summed E-state index contributed by atoms with van der Waals surface area (Å²) in [6.07, 6.45) is 7.31. The van der Waals surface area contributed by atoms with Gasteiger partial charge in [-0.3, -0.25) is 5.10 Å². The van der Waals surface area contributed by atoms with E-state index in [2.05, 4.69) is 35.9 Å². The van der Waals surface area contributed by atoms with Crippen LogP contribution in [0.25, 0.3) is 16.9 Å². The van der Waals surface area contributed by atoms with Crippen molar-refractivity contribution in [1.29, 1.82) is 0 Å². The molecule has 0 spiro atoms. The lowest BCUT2D eigenvalue weighted by Gasteiger charge is -2.22. The number of rotatable bonds is 5. The lowest BCUT2D eigenvalue weighted by Crippen LogP contribution is -2.35. The first kappa shape index (κ1) is 15.8. The van der Waals surface area contributed by atoms with E-state index in [0.29, 0.717) is 29.2 Å². The highest BCUT2D eigenvalue weighted by Gasteiger charge is 2.20. The molecule has 132 valence electrons. The maximum Gasteiger partial charge on any atom is 0.244 e. The van der Waals surface area contributed by atoms with Crippen molar-refractivity contribution in [3.05, 3.63) is 18.6 Å². The number of piperidine rings is 1. The summed E-state index contributed by atoms with van der Waals surface area (Å²) in [5.41, 5.74) is 2.19. The van der Waals surface area contributed by atoms with E-state index in [1.54, 1.807) is 23.1 Å². The molecule has 0 atom stereocenters. The number of nitrogens with one attached hydrogen (secondary N) is 3. The summed E-state index contributed by atoms with van der Waals surface area (Å²) in [5.74, 6) is 1.17. The van der Waals surface area contributed by atoms with Crippen molar-refractivity contribution in [3.63, 3.8) is 0 Å². The number of hydrogen-bond acceptors (Lipinski definition) is 7. The Morgan fingerprint density at radius 3 is 2.84 bits per heavy atom. The monoisotopic (exact) mass is 342 g/mol. The smallest absolute Gasteiger partial charge is 0.244 e. The highest BCUT2D eigenvalue weighted by Crippen LogP contribution is 2.28. The van der Waals surface area contributed by atoms with Crippen LogP contribution >= 0.6 is 0 Å². The lowest BCUT2D eigenvalue weighted by molar-refractivity contribution is 0.227. The number of nitrogens with zero attached hydrogens (tertiary/aromatic N) is 5. The normalized spacial score (nSPS) is 15.8. The molecule has 0 radical (unpaired) electrons. The molecule has 0 bridgehead atoms. The molecule has 9 heteroatoms. The predicted molar refractivity (Wildman–Crippen MR) is 93.6 cm³/mol. The van der Waals surface area contributed by atoms with Crippen LogP contribution in [0.3, 0.4) is 0 Å². The molecule has 1 saturated heterocycles. The fraction of sp³-hybridized carbons (Fsp3) is 0.500. The third kappa shape index (κ3) is 3.27. The summed E-state index contributed by atoms with van der Waals surface area (Å²) in [5, 5.41) is 18.2. The van der Waals surface area contributed by atoms with Crippen LogP contribution in [-0.2, 0) is 0 Å². The first-order chi connectivity index (χ1) is 12.2. The maximum absolute atomic E-state index is 6.00. The Labute approximate surface area is 145 Å². The van der Waals surface area contributed by atoms with Gasteiger partial charge in [0.05, 0.1) is 18.5 Å². The first-order valence-corrected chi connectivity index (χ1v) is 8.59. The summed E-state index contributed by atoms with van der Waals surface area (Å²) in [6.45, 7) is 5.98. The molecule has 3 aromatic rings. The molecule has 0 aromatic carbocycles. The SMILES string of the molecule is CC(C)Oc1c(-c2cn[nH]c2)ncc2nc(NC3CCNCC3)nn12. The van der Waals surface area contributed by atoms with Crippen molar-refractivity contribution in [3.8, 4) is 17.1 Å². The van der Waals surface area contributed by atoms with E-state index in [1.807, 2.05) is 13.8 Å². The van der Waals surface area contributed by atoms with Gasteiger partial charge in [-0.05, 0) is 39.8 Å². The second-order valence-electron chi connectivity index (χ2n) is 6.44. The Balaban J connectivity index is 1.72. The molecule has 3 N–H and O–H groups in total. The van der Waals surface area contributed by atoms with Gasteiger partial charge >= 0.3 is 0 Å².